The van der Waals surface area contributed by atoms with Gasteiger partial charge < -0.3 is 10.6 Å². The maximum absolute atomic E-state index is 11.3. The Bertz CT molecular complexity index is 377. The van der Waals surface area contributed by atoms with Crippen molar-refractivity contribution in [3.8, 4) is 0 Å². The van der Waals surface area contributed by atoms with Crippen molar-refractivity contribution >= 4 is 5.91 Å². The van der Waals surface area contributed by atoms with Crippen molar-refractivity contribution in [2.24, 2.45) is 5.92 Å². The number of nitrogens with one attached hydrogen (secondary N) is 4. The summed E-state index contributed by atoms with van der Waals surface area (Å²) >= 11 is 0. The number of carbonyl (C=O) groups excluding carboxylic acids is 1. The lowest BCUT2D eigenvalue weighted by molar-refractivity contribution is -0.126. The van der Waals surface area contributed by atoms with E-state index in [1.165, 1.54) is 0 Å². The molecular weight excluding hydrogens is 186 g/mol. The molecule has 7 heteroatoms. The molecule has 2 rings (SSSR count). The van der Waals surface area contributed by atoms with Crippen LogP contribution in [0.25, 0.3) is 0 Å². The number of H-pyrrole nitrogens is 2. The fourth-order valence-electron chi connectivity index (χ4n) is 1.18. The van der Waals surface area contributed by atoms with Crippen LogP contribution in [0, 0.1) is 5.92 Å². The zero-order valence-electron chi connectivity index (χ0n) is 7.46. The van der Waals surface area contributed by atoms with Crippen molar-refractivity contribution in [2.75, 3.05) is 13.1 Å². The van der Waals surface area contributed by atoms with Gasteiger partial charge in [0.05, 0.1) is 12.5 Å². The fourth-order valence-corrected chi connectivity index (χ4v) is 1.18. The SMILES string of the molecule is O=C(NCc1n[nH]c(=O)[nH]1)C1CNC1. The summed E-state index contributed by atoms with van der Waals surface area (Å²) in [6.07, 6.45) is 0. The lowest BCUT2D eigenvalue weighted by Crippen LogP contribution is -2.50. The molecule has 1 aliphatic heterocycles. The lowest BCUT2D eigenvalue weighted by Gasteiger charge is -2.25. The third-order valence-electron chi connectivity index (χ3n) is 2.13. The molecule has 14 heavy (non-hydrogen) atoms. The summed E-state index contributed by atoms with van der Waals surface area (Å²) in [5.41, 5.74) is -0.362. The molecule has 0 unspecified atom stereocenters. The zero-order valence-corrected chi connectivity index (χ0v) is 7.46. The van der Waals surface area contributed by atoms with E-state index in [0.717, 1.165) is 13.1 Å². The van der Waals surface area contributed by atoms with Crippen molar-refractivity contribution in [2.45, 2.75) is 6.54 Å². The van der Waals surface area contributed by atoms with Crippen molar-refractivity contribution in [1.82, 2.24) is 25.8 Å². The zero-order chi connectivity index (χ0) is 9.97. The third kappa shape index (κ3) is 1.82. The maximum Gasteiger partial charge on any atom is 0.340 e. The molecule has 1 fully saturated rings. The molecule has 0 atom stereocenters. The Morgan fingerprint density at radius 3 is 2.86 bits per heavy atom. The summed E-state index contributed by atoms with van der Waals surface area (Å²) in [6.45, 7) is 1.71. The van der Waals surface area contributed by atoms with E-state index in [-0.39, 0.29) is 24.1 Å². The molecule has 0 bridgehead atoms. The van der Waals surface area contributed by atoms with Gasteiger partial charge in [-0.25, -0.2) is 9.89 Å². The first-order valence-electron chi connectivity index (χ1n) is 4.37. The molecule has 76 valence electrons. The fraction of sp³-hybridized carbons (Fsp3) is 0.571. The molecule has 0 radical (unpaired) electrons. The first kappa shape index (κ1) is 8.95. The highest BCUT2D eigenvalue weighted by Crippen LogP contribution is 2.01. The van der Waals surface area contributed by atoms with Crippen LogP contribution < -0.4 is 16.3 Å². The van der Waals surface area contributed by atoms with E-state index in [2.05, 4.69) is 25.8 Å². The molecule has 4 N–H and O–H groups in total. The molecule has 0 spiro atoms. The minimum Gasteiger partial charge on any atom is -0.348 e. The number of carbonyl (C=O) groups is 1. The average molecular weight is 197 g/mol. The second kappa shape index (κ2) is 3.62. The van der Waals surface area contributed by atoms with E-state index in [1.54, 1.807) is 0 Å². The average Bonchev–Trinajstić information content (AvgIpc) is 2.45. The molecule has 0 aliphatic carbocycles. The molecular formula is C7H11N5O2. The summed E-state index contributed by atoms with van der Waals surface area (Å²) in [5.74, 6) is 0.490. The smallest absolute Gasteiger partial charge is 0.340 e. The molecule has 1 saturated heterocycles. The van der Waals surface area contributed by atoms with Crippen LogP contribution in [0.3, 0.4) is 0 Å². The minimum absolute atomic E-state index is 0.00685. The Balaban J connectivity index is 1.81. The van der Waals surface area contributed by atoms with E-state index in [4.69, 9.17) is 0 Å². The van der Waals surface area contributed by atoms with Gasteiger partial charge in [0.25, 0.3) is 0 Å². The summed E-state index contributed by atoms with van der Waals surface area (Å²) in [5, 5.41) is 11.6. The van der Waals surface area contributed by atoms with Crippen LogP contribution in [0.2, 0.25) is 0 Å². The van der Waals surface area contributed by atoms with Gasteiger partial charge in [-0.3, -0.25) is 9.78 Å². The summed E-state index contributed by atoms with van der Waals surface area (Å²) in [4.78, 5) is 24.4. The number of hydrogen-bond acceptors (Lipinski definition) is 4. The second-order valence-electron chi connectivity index (χ2n) is 3.20. The highest BCUT2D eigenvalue weighted by Gasteiger charge is 2.24. The first-order chi connectivity index (χ1) is 6.75. The molecule has 2 heterocycles. The van der Waals surface area contributed by atoms with Gasteiger partial charge in [0.15, 0.2) is 0 Å². The highest BCUT2D eigenvalue weighted by molar-refractivity contribution is 5.79. The number of aromatic nitrogens is 3. The van der Waals surface area contributed by atoms with E-state index in [1.807, 2.05) is 0 Å². The molecule has 0 saturated carbocycles. The third-order valence-corrected chi connectivity index (χ3v) is 2.13. The Kier molecular flexibility index (Phi) is 2.32. The van der Waals surface area contributed by atoms with Crippen molar-refractivity contribution in [3.05, 3.63) is 16.3 Å². The van der Waals surface area contributed by atoms with E-state index in [9.17, 15) is 9.59 Å². The number of nitrogens with zero attached hydrogens (tertiary/aromatic N) is 1. The topological polar surface area (TPSA) is 103 Å². The number of amides is 1. The Morgan fingerprint density at radius 1 is 1.57 bits per heavy atom. The Hall–Kier alpha value is -1.63. The van der Waals surface area contributed by atoms with Crippen molar-refractivity contribution in [3.63, 3.8) is 0 Å². The van der Waals surface area contributed by atoms with E-state index in [0.29, 0.717) is 5.82 Å². The minimum atomic E-state index is -0.362. The lowest BCUT2D eigenvalue weighted by atomic mass is 10.0. The van der Waals surface area contributed by atoms with E-state index >= 15 is 0 Å². The molecule has 1 aromatic rings. The predicted molar refractivity (Wildman–Crippen MR) is 47.4 cm³/mol. The van der Waals surface area contributed by atoms with Crippen LogP contribution in [-0.4, -0.2) is 34.2 Å². The van der Waals surface area contributed by atoms with Gasteiger partial charge >= 0.3 is 5.69 Å². The predicted octanol–water partition coefficient (Wildman–Crippen LogP) is -2.07. The monoisotopic (exact) mass is 197 g/mol. The van der Waals surface area contributed by atoms with Crippen molar-refractivity contribution < 1.29 is 4.79 Å². The number of rotatable bonds is 3. The van der Waals surface area contributed by atoms with Crippen LogP contribution in [0.15, 0.2) is 4.79 Å². The highest BCUT2D eigenvalue weighted by atomic mass is 16.2. The second-order valence-corrected chi connectivity index (χ2v) is 3.20. The van der Waals surface area contributed by atoms with Gasteiger partial charge in [-0.2, -0.15) is 5.10 Å². The van der Waals surface area contributed by atoms with Gasteiger partial charge in [-0.05, 0) is 0 Å². The van der Waals surface area contributed by atoms with Crippen LogP contribution in [0.4, 0.5) is 0 Å². The van der Waals surface area contributed by atoms with Gasteiger partial charge in [0.1, 0.15) is 5.82 Å². The molecule has 0 aromatic carbocycles. The molecule has 1 aromatic heterocycles. The Morgan fingerprint density at radius 2 is 2.36 bits per heavy atom. The van der Waals surface area contributed by atoms with Gasteiger partial charge in [0.2, 0.25) is 5.91 Å². The van der Waals surface area contributed by atoms with Gasteiger partial charge in [-0.1, -0.05) is 0 Å². The standard InChI is InChI=1S/C7H11N5O2/c13-6(4-1-8-2-4)9-3-5-10-7(14)12-11-5/h4,8H,1-3H2,(H,9,13)(H2,10,11,12,14). The number of aromatic amines is 2. The van der Waals surface area contributed by atoms with E-state index < -0.39 is 0 Å². The summed E-state index contributed by atoms with van der Waals surface area (Å²) in [7, 11) is 0. The summed E-state index contributed by atoms with van der Waals surface area (Å²) < 4.78 is 0. The van der Waals surface area contributed by atoms with Crippen molar-refractivity contribution in [1.29, 1.82) is 0 Å². The van der Waals surface area contributed by atoms with Gasteiger partial charge in [0, 0.05) is 13.1 Å². The first-order valence-corrected chi connectivity index (χ1v) is 4.37. The van der Waals surface area contributed by atoms with Crippen LogP contribution in [0.5, 0.6) is 0 Å². The van der Waals surface area contributed by atoms with Crippen LogP contribution >= 0.6 is 0 Å². The summed E-state index contributed by atoms with van der Waals surface area (Å²) in [6, 6.07) is 0. The quantitative estimate of drug-likeness (QED) is 0.447. The van der Waals surface area contributed by atoms with Crippen LogP contribution in [0.1, 0.15) is 5.82 Å². The normalized spacial score (nSPS) is 16.3. The molecule has 1 amide bonds. The maximum atomic E-state index is 11.3. The molecule has 1 aliphatic rings. The van der Waals surface area contributed by atoms with Gasteiger partial charge in [-0.15, -0.1) is 0 Å². The molecule has 7 nitrogen and oxygen atoms in total. The largest absolute Gasteiger partial charge is 0.348 e. The van der Waals surface area contributed by atoms with Crippen LogP contribution in [-0.2, 0) is 11.3 Å². The number of hydrogen-bond donors (Lipinski definition) is 4. The Labute approximate surface area is 79.3 Å².